The molecule has 2 nitrogen and oxygen atoms in total. The molecule has 0 radical (unpaired) electrons. The second kappa shape index (κ2) is 6.76. The van der Waals surface area contributed by atoms with E-state index in [0.29, 0.717) is 28.6 Å². The number of aliphatic hydroxyl groups excluding tert-OH is 2. The van der Waals surface area contributed by atoms with E-state index in [9.17, 15) is 10.2 Å². The Morgan fingerprint density at radius 2 is 1.62 bits per heavy atom. The summed E-state index contributed by atoms with van der Waals surface area (Å²) in [5.74, 6) is 4.15. The van der Waals surface area contributed by atoms with Gasteiger partial charge in [-0.1, -0.05) is 40.5 Å². The van der Waals surface area contributed by atoms with Gasteiger partial charge in [-0.3, -0.25) is 0 Å². The predicted octanol–water partition coefficient (Wildman–Crippen LogP) is 5.41. The lowest BCUT2D eigenvalue weighted by Crippen LogP contribution is -2.58. The molecule has 0 aliphatic heterocycles. The molecule has 0 saturated heterocycles. The molecular formula is C24H42O2. The largest absolute Gasteiger partial charge is 0.393 e. The Balaban J connectivity index is 1.61. The summed E-state index contributed by atoms with van der Waals surface area (Å²) in [6, 6.07) is 0. The minimum absolute atomic E-state index is 0.128. The molecule has 0 aromatic rings. The Hall–Kier alpha value is -0.0800. The average molecular weight is 363 g/mol. The fourth-order valence-corrected chi connectivity index (χ4v) is 8.83. The number of aliphatic hydroxyl groups is 2. The smallest absolute Gasteiger partial charge is 0.0577 e. The number of hydrogen-bond donors (Lipinski definition) is 2. The highest BCUT2D eigenvalue weighted by Gasteiger charge is 2.62. The van der Waals surface area contributed by atoms with Crippen molar-refractivity contribution in [3.63, 3.8) is 0 Å². The molecule has 0 spiro atoms. The van der Waals surface area contributed by atoms with Gasteiger partial charge in [0.25, 0.3) is 0 Å². The summed E-state index contributed by atoms with van der Waals surface area (Å²) < 4.78 is 0. The Bertz CT molecular complexity index is 518. The molecule has 4 fully saturated rings. The minimum atomic E-state index is -0.131. The third-order valence-corrected chi connectivity index (χ3v) is 10.2. The molecule has 150 valence electrons. The van der Waals surface area contributed by atoms with Crippen molar-refractivity contribution >= 4 is 0 Å². The highest BCUT2D eigenvalue weighted by atomic mass is 16.3. The highest BCUT2D eigenvalue weighted by Crippen LogP contribution is 2.68. The van der Waals surface area contributed by atoms with Crippen LogP contribution in [0, 0.1) is 46.3 Å². The molecular weight excluding hydrogens is 320 g/mol. The first-order valence-corrected chi connectivity index (χ1v) is 11.7. The summed E-state index contributed by atoms with van der Waals surface area (Å²) in [4.78, 5) is 0. The van der Waals surface area contributed by atoms with E-state index in [1.54, 1.807) is 0 Å². The van der Waals surface area contributed by atoms with Crippen molar-refractivity contribution in [3.05, 3.63) is 0 Å². The van der Waals surface area contributed by atoms with Gasteiger partial charge in [0.15, 0.2) is 0 Å². The van der Waals surface area contributed by atoms with Crippen molar-refractivity contribution in [2.24, 2.45) is 46.3 Å². The van der Waals surface area contributed by atoms with Crippen molar-refractivity contribution in [2.75, 3.05) is 0 Å². The highest BCUT2D eigenvalue weighted by molar-refractivity contribution is 5.11. The first-order chi connectivity index (χ1) is 12.3. The first-order valence-electron chi connectivity index (χ1n) is 11.7. The van der Waals surface area contributed by atoms with Gasteiger partial charge in [-0.05, 0) is 97.7 Å². The van der Waals surface area contributed by atoms with Crippen LogP contribution in [-0.4, -0.2) is 22.4 Å². The molecule has 4 aliphatic rings. The van der Waals surface area contributed by atoms with Crippen LogP contribution < -0.4 is 0 Å². The maximum absolute atomic E-state index is 11.3. The maximum atomic E-state index is 11.3. The van der Waals surface area contributed by atoms with E-state index < -0.39 is 0 Å². The second-order valence-corrected chi connectivity index (χ2v) is 11.2. The Labute approximate surface area is 161 Å². The topological polar surface area (TPSA) is 40.5 Å². The van der Waals surface area contributed by atoms with E-state index in [1.807, 2.05) is 0 Å². The summed E-state index contributed by atoms with van der Waals surface area (Å²) >= 11 is 0. The van der Waals surface area contributed by atoms with Crippen LogP contribution in [0.3, 0.4) is 0 Å². The van der Waals surface area contributed by atoms with Crippen LogP contribution in [0.5, 0.6) is 0 Å². The van der Waals surface area contributed by atoms with Crippen LogP contribution in [-0.2, 0) is 0 Å². The molecule has 0 aromatic heterocycles. The van der Waals surface area contributed by atoms with Gasteiger partial charge in [-0.25, -0.2) is 0 Å². The molecule has 2 N–H and O–H groups in total. The quantitative estimate of drug-likeness (QED) is 0.704. The summed E-state index contributed by atoms with van der Waals surface area (Å²) in [5.41, 5.74) is 0.811. The number of hydrogen-bond acceptors (Lipinski definition) is 2. The molecule has 4 unspecified atom stereocenters. The molecule has 26 heavy (non-hydrogen) atoms. The van der Waals surface area contributed by atoms with E-state index in [0.717, 1.165) is 37.0 Å². The molecule has 0 amide bonds. The van der Waals surface area contributed by atoms with Gasteiger partial charge in [-0.2, -0.15) is 0 Å². The number of fused-ring (bicyclic) bond motifs is 5. The summed E-state index contributed by atoms with van der Waals surface area (Å²) in [7, 11) is 0. The van der Waals surface area contributed by atoms with E-state index in [4.69, 9.17) is 0 Å². The van der Waals surface area contributed by atoms with Gasteiger partial charge in [0.2, 0.25) is 0 Å². The lowest BCUT2D eigenvalue weighted by Gasteiger charge is -2.62. The van der Waals surface area contributed by atoms with Crippen LogP contribution >= 0.6 is 0 Å². The number of rotatable bonds is 3. The van der Waals surface area contributed by atoms with Crippen LogP contribution in [0.1, 0.15) is 91.9 Å². The van der Waals surface area contributed by atoms with Gasteiger partial charge in [0.1, 0.15) is 0 Å². The van der Waals surface area contributed by atoms with Crippen LogP contribution in [0.25, 0.3) is 0 Å². The van der Waals surface area contributed by atoms with Crippen molar-refractivity contribution in [2.45, 2.75) is 104 Å². The molecule has 0 aromatic carbocycles. The Kier molecular flexibility index (Phi) is 5.01. The van der Waals surface area contributed by atoms with E-state index in [1.165, 1.54) is 44.9 Å². The standard InChI is InChI=1S/C24H42O2/c1-5-6-15(2)18-7-8-19-22-20(10-12-24(18,19)4)23(3)11-9-17(25)13-16(23)14-21(22)26/h15-22,25-26H,5-14H2,1-4H3/t15?,16-,17?,18+,19?,20?,21-,22-,23-,24+/m0/s1. The van der Waals surface area contributed by atoms with Crippen molar-refractivity contribution in [1.82, 2.24) is 0 Å². The SMILES string of the molecule is CCCC(C)[C@H]1CCC2[C@H]3C(CC[C@@]21C)[C@@]1(C)CCC(O)C[C@H]1C[C@@H]3O. The molecule has 4 saturated carbocycles. The molecule has 4 rings (SSSR count). The molecule has 2 heteroatoms. The normalized spacial score (nSPS) is 54.9. The van der Waals surface area contributed by atoms with E-state index in [-0.39, 0.29) is 12.2 Å². The van der Waals surface area contributed by atoms with Crippen molar-refractivity contribution in [3.8, 4) is 0 Å². The molecule has 4 aliphatic carbocycles. The zero-order valence-electron chi connectivity index (χ0n) is 17.6. The van der Waals surface area contributed by atoms with E-state index >= 15 is 0 Å². The van der Waals surface area contributed by atoms with Crippen LogP contribution in [0.15, 0.2) is 0 Å². The Morgan fingerprint density at radius 3 is 2.35 bits per heavy atom. The predicted molar refractivity (Wildman–Crippen MR) is 107 cm³/mol. The molecule has 0 bridgehead atoms. The van der Waals surface area contributed by atoms with Gasteiger partial charge in [0.05, 0.1) is 12.2 Å². The first kappa shape index (κ1) is 19.2. The fourth-order valence-electron chi connectivity index (χ4n) is 8.83. The summed E-state index contributed by atoms with van der Waals surface area (Å²) in [5, 5.41) is 21.5. The lowest BCUT2D eigenvalue weighted by molar-refractivity contribution is -0.174. The van der Waals surface area contributed by atoms with E-state index in [2.05, 4.69) is 27.7 Å². The second-order valence-electron chi connectivity index (χ2n) is 11.2. The lowest BCUT2D eigenvalue weighted by atomic mass is 9.43. The third kappa shape index (κ3) is 2.72. The van der Waals surface area contributed by atoms with Gasteiger partial charge >= 0.3 is 0 Å². The van der Waals surface area contributed by atoms with Gasteiger partial charge < -0.3 is 10.2 Å². The van der Waals surface area contributed by atoms with Crippen LogP contribution in [0.2, 0.25) is 0 Å². The average Bonchev–Trinajstić information content (AvgIpc) is 2.94. The summed E-state index contributed by atoms with van der Waals surface area (Å²) in [6.07, 6.45) is 11.8. The van der Waals surface area contributed by atoms with Gasteiger partial charge in [-0.15, -0.1) is 0 Å². The molecule has 0 heterocycles. The minimum Gasteiger partial charge on any atom is -0.393 e. The molecule has 10 atom stereocenters. The van der Waals surface area contributed by atoms with Crippen LogP contribution in [0.4, 0.5) is 0 Å². The monoisotopic (exact) mass is 362 g/mol. The fraction of sp³-hybridized carbons (Fsp3) is 1.00. The van der Waals surface area contributed by atoms with Gasteiger partial charge in [0, 0.05) is 0 Å². The maximum Gasteiger partial charge on any atom is 0.0577 e. The zero-order valence-corrected chi connectivity index (χ0v) is 17.6. The Morgan fingerprint density at radius 1 is 0.923 bits per heavy atom. The third-order valence-electron chi connectivity index (χ3n) is 10.2. The van der Waals surface area contributed by atoms with Crippen molar-refractivity contribution in [1.29, 1.82) is 0 Å². The summed E-state index contributed by atoms with van der Waals surface area (Å²) in [6.45, 7) is 9.92. The van der Waals surface area contributed by atoms with Crippen molar-refractivity contribution < 1.29 is 10.2 Å². The zero-order chi connectivity index (χ0) is 18.7.